The van der Waals surface area contributed by atoms with Crippen LogP contribution in [-0.2, 0) is 4.84 Å². The van der Waals surface area contributed by atoms with Gasteiger partial charge >= 0.3 is 0 Å². The van der Waals surface area contributed by atoms with Crippen LogP contribution in [0.3, 0.4) is 0 Å². The number of nitrogens with zero attached hydrogens (tertiary/aromatic N) is 1. The second-order valence-electron chi connectivity index (χ2n) is 8.13. The summed E-state index contributed by atoms with van der Waals surface area (Å²) in [6.45, 7) is 5.54. The largest absolute Gasteiger partial charge is 0.299 e. The molecule has 1 aliphatic heterocycles. The molecule has 1 saturated heterocycles. The summed E-state index contributed by atoms with van der Waals surface area (Å²) < 4.78 is 0. The molecule has 0 spiro atoms. The number of piperidine rings is 1. The van der Waals surface area contributed by atoms with E-state index >= 15 is 0 Å². The SMILES string of the molecule is CCCCCCCCCCCCCCCCCCON1CCCCC1. The fourth-order valence-corrected chi connectivity index (χ4v) is 3.84. The Balaban J connectivity index is 1.65. The third-order valence-electron chi connectivity index (χ3n) is 5.59. The average molecular weight is 354 g/mol. The molecule has 1 aliphatic rings. The van der Waals surface area contributed by atoms with Crippen LogP contribution in [-0.4, -0.2) is 24.8 Å². The van der Waals surface area contributed by atoms with Crippen LogP contribution in [0.5, 0.6) is 0 Å². The predicted molar refractivity (Wildman–Crippen MR) is 111 cm³/mol. The van der Waals surface area contributed by atoms with E-state index in [9.17, 15) is 0 Å². The van der Waals surface area contributed by atoms with Crippen LogP contribution in [0.4, 0.5) is 0 Å². The van der Waals surface area contributed by atoms with Gasteiger partial charge in [-0.2, -0.15) is 5.06 Å². The highest BCUT2D eigenvalue weighted by molar-refractivity contribution is 4.56. The van der Waals surface area contributed by atoms with Gasteiger partial charge in [-0.25, -0.2) is 0 Å². The van der Waals surface area contributed by atoms with Gasteiger partial charge in [-0.1, -0.05) is 110 Å². The molecule has 150 valence electrons. The summed E-state index contributed by atoms with van der Waals surface area (Å²) in [5.74, 6) is 0. The molecule has 0 radical (unpaired) electrons. The van der Waals surface area contributed by atoms with Crippen LogP contribution >= 0.6 is 0 Å². The van der Waals surface area contributed by atoms with Gasteiger partial charge in [0.2, 0.25) is 0 Å². The maximum Gasteiger partial charge on any atom is 0.0685 e. The summed E-state index contributed by atoms with van der Waals surface area (Å²) in [6, 6.07) is 0. The first-order chi connectivity index (χ1) is 12.4. The molecule has 0 unspecified atom stereocenters. The van der Waals surface area contributed by atoms with Crippen LogP contribution in [0, 0.1) is 0 Å². The van der Waals surface area contributed by atoms with Crippen molar-refractivity contribution >= 4 is 0 Å². The van der Waals surface area contributed by atoms with Crippen LogP contribution in [0.2, 0.25) is 0 Å². The molecule has 0 aliphatic carbocycles. The molecule has 1 rings (SSSR count). The van der Waals surface area contributed by atoms with E-state index in [-0.39, 0.29) is 0 Å². The topological polar surface area (TPSA) is 12.5 Å². The predicted octanol–water partition coefficient (Wildman–Crippen LogP) is 7.67. The van der Waals surface area contributed by atoms with Crippen molar-refractivity contribution in [2.24, 2.45) is 0 Å². The third kappa shape index (κ3) is 15.9. The Morgan fingerprint density at radius 1 is 0.520 bits per heavy atom. The van der Waals surface area contributed by atoms with Crippen molar-refractivity contribution in [3.05, 3.63) is 0 Å². The van der Waals surface area contributed by atoms with E-state index in [1.807, 2.05) is 0 Å². The van der Waals surface area contributed by atoms with Crippen molar-refractivity contribution in [2.45, 2.75) is 129 Å². The molecule has 0 aromatic heterocycles. The number of rotatable bonds is 18. The molecular formula is C23H47NO. The zero-order chi connectivity index (χ0) is 17.8. The molecule has 0 bridgehead atoms. The number of hydrogen-bond acceptors (Lipinski definition) is 2. The van der Waals surface area contributed by atoms with Crippen molar-refractivity contribution in [1.82, 2.24) is 5.06 Å². The Kier molecular flexibility index (Phi) is 17.2. The summed E-state index contributed by atoms with van der Waals surface area (Å²) in [5, 5.41) is 2.19. The highest BCUT2D eigenvalue weighted by atomic mass is 16.7. The minimum absolute atomic E-state index is 0.943. The first-order valence-corrected chi connectivity index (χ1v) is 11.8. The molecule has 1 fully saturated rings. The Labute approximate surface area is 159 Å². The lowest BCUT2D eigenvalue weighted by atomic mass is 10.0. The van der Waals surface area contributed by atoms with Gasteiger partial charge in [0.05, 0.1) is 6.61 Å². The van der Waals surface area contributed by atoms with Gasteiger partial charge in [0.15, 0.2) is 0 Å². The van der Waals surface area contributed by atoms with Crippen molar-refractivity contribution in [3.8, 4) is 0 Å². The quantitative estimate of drug-likeness (QED) is 0.234. The van der Waals surface area contributed by atoms with Crippen molar-refractivity contribution < 1.29 is 4.84 Å². The summed E-state index contributed by atoms with van der Waals surface area (Å²) >= 11 is 0. The lowest BCUT2D eigenvalue weighted by Crippen LogP contribution is -2.30. The number of hydrogen-bond donors (Lipinski definition) is 0. The smallest absolute Gasteiger partial charge is 0.0685 e. The number of unbranched alkanes of at least 4 members (excludes halogenated alkanes) is 15. The normalized spacial score (nSPS) is 15.7. The van der Waals surface area contributed by atoms with Gasteiger partial charge in [0, 0.05) is 13.1 Å². The minimum Gasteiger partial charge on any atom is -0.299 e. The maximum absolute atomic E-state index is 5.84. The minimum atomic E-state index is 0.943. The molecule has 0 amide bonds. The van der Waals surface area contributed by atoms with Gasteiger partial charge in [0.1, 0.15) is 0 Å². The second kappa shape index (κ2) is 18.7. The first kappa shape index (κ1) is 23.0. The van der Waals surface area contributed by atoms with E-state index < -0.39 is 0 Å². The molecule has 0 saturated carbocycles. The Morgan fingerprint density at radius 3 is 1.36 bits per heavy atom. The molecule has 2 heteroatoms. The fourth-order valence-electron chi connectivity index (χ4n) is 3.84. The zero-order valence-electron chi connectivity index (χ0n) is 17.4. The van der Waals surface area contributed by atoms with E-state index in [0.717, 1.165) is 19.7 Å². The van der Waals surface area contributed by atoms with Crippen molar-refractivity contribution in [1.29, 1.82) is 0 Å². The van der Waals surface area contributed by atoms with E-state index in [1.165, 1.54) is 122 Å². The zero-order valence-corrected chi connectivity index (χ0v) is 17.4. The van der Waals surface area contributed by atoms with E-state index in [1.54, 1.807) is 0 Å². The molecule has 0 aromatic carbocycles. The van der Waals surface area contributed by atoms with E-state index in [2.05, 4.69) is 12.0 Å². The van der Waals surface area contributed by atoms with Gasteiger partial charge in [-0.3, -0.25) is 4.84 Å². The van der Waals surface area contributed by atoms with Crippen LogP contribution in [0.25, 0.3) is 0 Å². The van der Waals surface area contributed by atoms with Gasteiger partial charge in [-0.05, 0) is 19.3 Å². The monoisotopic (exact) mass is 353 g/mol. The van der Waals surface area contributed by atoms with E-state index in [4.69, 9.17) is 4.84 Å². The van der Waals surface area contributed by atoms with Gasteiger partial charge in [-0.15, -0.1) is 0 Å². The molecule has 2 nitrogen and oxygen atoms in total. The summed E-state index contributed by atoms with van der Waals surface area (Å²) in [4.78, 5) is 5.84. The standard InChI is InChI=1S/C23H47NO/c1-2-3-4-5-6-7-8-9-10-11-12-13-14-15-16-20-23-25-24-21-18-17-19-22-24/h2-23H2,1H3. The highest BCUT2D eigenvalue weighted by Crippen LogP contribution is 2.14. The van der Waals surface area contributed by atoms with Crippen LogP contribution < -0.4 is 0 Å². The fraction of sp³-hybridized carbons (Fsp3) is 1.00. The molecule has 0 N–H and O–H groups in total. The second-order valence-corrected chi connectivity index (χ2v) is 8.13. The lowest BCUT2D eigenvalue weighted by molar-refractivity contribution is -0.169. The summed E-state index contributed by atoms with van der Waals surface area (Å²) in [7, 11) is 0. The highest BCUT2D eigenvalue weighted by Gasteiger charge is 2.09. The third-order valence-corrected chi connectivity index (χ3v) is 5.59. The van der Waals surface area contributed by atoms with Crippen LogP contribution in [0.15, 0.2) is 0 Å². The van der Waals surface area contributed by atoms with E-state index in [0.29, 0.717) is 0 Å². The van der Waals surface area contributed by atoms with Gasteiger partial charge in [0.25, 0.3) is 0 Å². The molecular weight excluding hydrogens is 306 g/mol. The summed E-state index contributed by atoms with van der Waals surface area (Å²) in [5.41, 5.74) is 0. The van der Waals surface area contributed by atoms with Crippen LogP contribution in [0.1, 0.15) is 129 Å². The lowest BCUT2D eigenvalue weighted by Gasteiger charge is -2.25. The molecule has 1 heterocycles. The molecule has 25 heavy (non-hydrogen) atoms. The van der Waals surface area contributed by atoms with Gasteiger partial charge < -0.3 is 0 Å². The first-order valence-electron chi connectivity index (χ1n) is 11.8. The Morgan fingerprint density at radius 2 is 0.920 bits per heavy atom. The Bertz CT molecular complexity index is 250. The maximum atomic E-state index is 5.84. The number of hydroxylamine groups is 2. The molecule has 0 atom stereocenters. The van der Waals surface area contributed by atoms with Crippen molar-refractivity contribution in [2.75, 3.05) is 19.7 Å². The summed E-state index contributed by atoms with van der Waals surface area (Å²) in [6.07, 6.45) is 26.9. The average Bonchev–Trinajstić information content (AvgIpc) is 2.65. The Hall–Kier alpha value is -0.0800. The van der Waals surface area contributed by atoms with Crippen molar-refractivity contribution in [3.63, 3.8) is 0 Å². The molecule has 0 aromatic rings.